The first-order valence-corrected chi connectivity index (χ1v) is 8.46. The number of likely N-dealkylation sites (tertiary alicyclic amines) is 1. The van der Waals surface area contributed by atoms with Crippen LogP contribution in [-0.2, 0) is 6.54 Å². The lowest BCUT2D eigenvalue weighted by molar-refractivity contribution is 0.225. The second kappa shape index (κ2) is 7.71. The highest BCUT2D eigenvalue weighted by Crippen LogP contribution is 2.16. The predicted molar refractivity (Wildman–Crippen MR) is 83.7 cm³/mol. The molecule has 0 bridgehead atoms. The lowest BCUT2D eigenvalue weighted by Crippen LogP contribution is -2.32. The summed E-state index contributed by atoms with van der Waals surface area (Å²) >= 11 is 4.21. The van der Waals surface area contributed by atoms with Crippen LogP contribution in [0.25, 0.3) is 0 Å². The van der Waals surface area contributed by atoms with Crippen LogP contribution < -0.4 is 5.32 Å². The van der Waals surface area contributed by atoms with E-state index >= 15 is 0 Å². The van der Waals surface area contributed by atoms with Crippen LogP contribution in [-0.4, -0.2) is 31.1 Å². The number of hydrogen-bond donors (Lipinski definition) is 1. The minimum atomic E-state index is 1.03. The Morgan fingerprint density at radius 2 is 2.12 bits per heavy atom. The number of nitrogens with one attached hydrogen (secondary N) is 1. The maximum atomic E-state index is 3.53. The van der Waals surface area contributed by atoms with Gasteiger partial charge in [-0.25, -0.2) is 0 Å². The first-order valence-electron chi connectivity index (χ1n) is 6.50. The van der Waals surface area contributed by atoms with Gasteiger partial charge in [-0.15, -0.1) is 11.3 Å². The predicted octanol–water partition coefficient (Wildman–Crippen LogP) is 3.32. The molecule has 0 saturated carbocycles. The molecule has 96 valence electrons. The van der Waals surface area contributed by atoms with Gasteiger partial charge in [-0.2, -0.15) is 0 Å². The summed E-state index contributed by atoms with van der Waals surface area (Å²) in [7, 11) is 0. The Kier molecular flexibility index (Phi) is 6.25. The normalized spacial score (nSPS) is 17.5. The number of rotatable bonds is 6. The van der Waals surface area contributed by atoms with Crippen molar-refractivity contribution in [2.75, 3.05) is 26.2 Å². The fourth-order valence-electron chi connectivity index (χ4n) is 2.28. The quantitative estimate of drug-likeness (QED) is 0.616. The van der Waals surface area contributed by atoms with Gasteiger partial charge in [0.05, 0.1) is 2.88 Å². The van der Waals surface area contributed by atoms with Gasteiger partial charge in [0, 0.05) is 6.54 Å². The highest BCUT2D eigenvalue weighted by atomic mass is 127. The zero-order valence-corrected chi connectivity index (χ0v) is 13.2. The van der Waals surface area contributed by atoms with Crippen molar-refractivity contribution < 1.29 is 0 Å². The van der Waals surface area contributed by atoms with Crippen molar-refractivity contribution >= 4 is 33.9 Å². The van der Waals surface area contributed by atoms with Gasteiger partial charge in [0.1, 0.15) is 0 Å². The SMILES string of the molecule is Ic1cc(CNCCCN2CCCCC2)cs1. The van der Waals surface area contributed by atoms with Crippen LogP contribution in [0, 0.1) is 2.88 Å². The molecule has 0 spiro atoms. The number of halogens is 1. The van der Waals surface area contributed by atoms with E-state index in [1.165, 1.54) is 53.8 Å². The molecule has 1 aromatic rings. The Morgan fingerprint density at radius 1 is 1.29 bits per heavy atom. The molecule has 0 amide bonds. The molecule has 1 N–H and O–H groups in total. The lowest BCUT2D eigenvalue weighted by Gasteiger charge is -2.26. The highest BCUT2D eigenvalue weighted by Gasteiger charge is 2.08. The molecule has 2 rings (SSSR count). The summed E-state index contributed by atoms with van der Waals surface area (Å²) in [6, 6.07) is 2.27. The van der Waals surface area contributed by atoms with Crippen molar-refractivity contribution in [3.63, 3.8) is 0 Å². The Balaban J connectivity index is 1.51. The van der Waals surface area contributed by atoms with Crippen LogP contribution in [0.5, 0.6) is 0 Å². The van der Waals surface area contributed by atoms with Gasteiger partial charge in [0.15, 0.2) is 0 Å². The summed E-state index contributed by atoms with van der Waals surface area (Å²) in [6.07, 6.45) is 5.52. The van der Waals surface area contributed by atoms with Gasteiger partial charge in [-0.05, 0) is 85.0 Å². The van der Waals surface area contributed by atoms with Gasteiger partial charge in [-0.3, -0.25) is 0 Å². The van der Waals surface area contributed by atoms with Crippen molar-refractivity contribution in [2.24, 2.45) is 0 Å². The second-order valence-corrected chi connectivity index (χ2v) is 7.50. The fraction of sp³-hybridized carbons (Fsp3) is 0.692. The minimum Gasteiger partial charge on any atom is -0.313 e. The zero-order chi connectivity index (χ0) is 11.9. The van der Waals surface area contributed by atoms with Crippen LogP contribution in [0.1, 0.15) is 31.2 Å². The number of thiophene rings is 1. The summed E-state index contributed by atoms with van der Waals surface area (Å²) in [6.45, 7) is 6.09. The molecule has 0 unspecified atom stereocenters. The average molecular weight is 364 g/mol. The number of piperidine rings is 1. The molecule has 2 heterocycles. The van der Waals surface area contributed by atoms with E-state index in [2.05, 4.69) is 44.3 Å². The Bertz CT molecular complexity index is 321. The van der Waals surface area contributed by atoms with Crippen molar-refractivity contribution in [3.05, 3.63) is 19.9 Å². The minimum absolute atomic E-state index is 1.03. The van der Waals surface area contributed by atoms with Gasteiger partial charge in [-0.1, -0.05) is 6.42 Å². The first-order chi connectivity index (χ1) is 8.34. The summed E-state index contributed by atoms with van der Waals surface area (Å²) in [5, 5.41) is 5.78. The standard InChI is InChI=1S/C13H21IN2S/c14-13-9-12(11-17-13)10-15-5-4-8-16-6-2-1-3-7-16/h9,11,15H,1-8,10H2. The number of hydrogen-bond acceptors (Lipinski definition) is 3. The third-order valence-corrected chi connectivity index (χ3v) is 5.07. The molecule has 1 aromatic heterocycles. The van der Waals surface area contributed by atoms with E-state index in [0.29, 0.717) is 0 Å². The molecular weight excluding hydrogens is 343 g/mol. The molecule has 17 heavy (non-hydrogen) atoms. The molecule has 1 saturated heterocycles. The van der Waals surface area contributed by atoms with E-state index < -0.39 is 0 Å². The van der Waals surface area contributed by atoms with E-state index in [4.69, 9.17) is 0 Å². The molecule has 4 heteroatoms. The number of nitrogens with zero attached hydrogens (tertiary/aromatic N) is 1. The topological polar surface area (TPSA) is 15.3 Å². The zero-order valence-electron chi connectivity index (χ0n) is 10.3. The Labute approximate surface area is 122 Å². The van der Waals surface area contributed by atoms with Crippen molar-refractivity contribution in [1.29, 1.82) is 0 Å². The molecule has 0 radical (unpaired) electrons. The molecule has 1 fully saturated rings. The third kappa shape index (κ3) is 5.24. The van der Waals surface area contributed by atoms with Crippen LogP contribution in [0.2, 0.25) is 0 Å². The first kappa shape index (κ1) is 13.8. The third-order valence-electron chi connectivity index (χ3n) is 3.23. The van der Waals surface area contributed by atoms with Gasteiger partial charge < -0.3 is 10.2 Å². The van der Waals surface area contributed by atoms with E-state index in [-0.39, 0.29) is 0 Å². The van der Waals surface area contributed by atoms with Crippen molar-refractivity contribution in [1.82, 2.24) is 10.2 Å². The highest BCUT2D eigenvalue weighted by molar-refractivity contribution is 14.1. The summed E-state index contributed by atoms with van der Waals surface area (Å²) in [4.78, 5) is 2.61. The molecular formula is C13H21IN2S. The maximum Gasteiger partial charge on any atom is 0.0656 e. The smallest absolute Gasteiger partial charge is 0.0656 e. The monoisotopic (exact) mass is 364 g/mol. The Morgan fingerprint density at radius 3 is 2.82 bits per heavy atom. The molecule has 0 aliphatic carbocycles. The van der Waals surface area contributed by atoms with Crippen LogP contribution in [0.4, 0.5) is 0 Å². The molecule has 0 aromatic carbocycles. The van der Waals surface area contributed by atoms with Crippen molar-refractivity contribution in [2.45, 2.75) is 32.2 Å². The summed E-state index contributed by atoms with van der Waals surface area (Å²) in [5.41, 5.74) is 1.43. The molecule has 1 aliphatic rings. The largest absolute Gasteiger partial charge is 0.313 e. The summed E-state index contributed by atoms with van der Waals surface area (Å²) in [5.74, 6) is 0. The Hall–Kier alpha value is 0.350. The van der Waals surface area contributed by atoms with Crippen molar-refractivity contribution in [3.8, 4) is 0 Å². The van der Waals surface area contributed by atoms with E-state index in [1.54, 1.807) is 0 Å². The molecule has 1 aliphatic heterocycles. The van der Waals surface area contributed by atoms with Gasteiger partial charge in [0.2, 0.25) is 0 Å². The second-order valence-electron chi connectivity index (χ2n) is 4.69. The molecule has 2 nitrogen and oxygen atoms in total. The average Bonchev–Trinajstić information content (AvgIpc) is 2.76. The molecule has 0 atom stereocenters. The van der Waals surface area contributed by atoms with Gasteiger partial charge >= 0.3 is 0 Å². The lowest BCUT2D eigenvalue weighted by atomic mass is 10.1. The van der Waals surface area contributed by atoms with Gasteiger partial charge in [0.25, 0.3) is 0 Å². The fourth-order valence-corrected chi connectivity index (χ4v) is 3.70. The maximum absolute atomic E-state index is 3.53. The van der Waals surface area contributed by atoms with E-state index in [1.807, 2.05) is 11.3 Å². The van der Waals surface area contributed by atoms with Crippen LogP contribution >= 0.6 is 33.9 Å². The van der Waals surface area contributed by atoms with E-state index in [0.717, 1.165) is 13.1 Å². The van der Waals surface area contributed by atoms with Crippen LogP contribution in [0.15, 0.2) is 11.4 Å². The summed E-state index contributed by atoms with van der Waals surface area (Å²) < 4.78 is 1.38. The van der Waals surface area contributed by atoms with E-state index in [9.17, 15) is 0 Å². The van der Waals surface area contributed by atoms with Crippen LogP contribution in [0.3, 0.4) is 0 Å².